The molecule has 25 heavy (non-hydrogen) atoms. The monoisotopic (exact) mass is 461 g/mol. The van der Waals surface area contributed by atoms with Crippen LogP contribution in [-0.2, 0) is 17.7 Å². The van der Waals surface area contributed by atoms with Crippen molar-refractivity contribution in [2.24, 2.45) is 4.99 Å². The zero-order chi connectivity index (χ0) is 16.9. The van der Waals surface area contributed by atoms with E-state index >= 15 is 0 Å². The number of hydrogen-bond acceptors (Lipinski definition) is 4. The first-order valence-electron chi connectivity index (χ1n) is 8.56. The molecule has 0 spiro atoms. The molecule has 6 nitrogen and oxygen atoms in total. The van der Waals surface area contributed by atoms with Gasteiger partial charge in [0.05, 0.1) is 20.3 Å². The van der Waals surface area contributed by atoms with Crippen LogP contribution in [0, 0.1) is 0 Å². The smallest absolute Gasteiger partial charge is 0.194 e. The SMILES string of the molecule is CN=C(NCC1CCCO1)N1CCc2cc(OC)c(OC)cc2C1.I. The fraction of sp³-hybridized carbons (Fsp3) is 0.611. The average Bonchev–Trinajstić information content (AvgIpc) is 3.14. The van der Waals surface area contributed by atoms with E-state index in [4.69, 9.17) is 14.2 Å². The van der Waals surface area contributed by atoms with Crippen molar-refractivity contribution >= 4 is 29.9 Å². The van der Waals surface area contributed by atoms with Crippen LogP contribution >= 0.6 is 24.0 Å². The lowest BCUT2D eigenvalue weighted by Gasteiger charge is -2.32. The number of nitrogens with zero attached hydrogens (tertiary/aromatic N) is 2. The van der Waals surface area contributed by atoms with Crippen LogP contribution in [0.4, 0.5) is 0 Å². The Labute approximate surface area is 166 Å². The molecule has 2 heterocycles. The van der Waals surface area contributed by atoms with E-state index in [2.05, 4.69) is 27.3 Å². The molecule has 1 saturated heterocycles. The lowest BCUT2D eigenvalue weighted by atomic mass is 9.99. The number of methoxy groups -OCH3 is 2. The second-order valence-corrected chi connectivity index (χ2v) is 6.21. The minimum atomic E-state index is 0. The highest BCUT2D eigenvalue weighted by Gasteiger charge is 2.23. The van der Waals surface area contributed by atoms with Crippen molar-refractivity contribution in [3.8, 4) is 11.5 Å². The molecule has 1 atom stereocenters. The van der Waals surface area contributed by atoms with Gasteiger partial charge in [-0.1, -0.05) is 0 Å². The molecule has 2 aliphatic heterocycles. The van der Waals surface area contributed by atoms with Crippen LogP contribution in [0.15, 0.2) is 17.1 Å². The molecule has 0 aromatic heterocycles. The number of guanidine groups is 1. The summed E-state index contributed by atoms with van der Waals surface area (Å²) < 4.78 is 16.5. The Morgan fingerprint density at radius 2 is 2.00 bits per heavy atom. The Kier molecular flexibility index (Phi) is 7.61. The second kappa shape index (κ2) is 9.47. The maximum Gasteiger partial charge on any atom is 0.194 e. The van der Waals surface area contributed by atoms with Gasteiger partial charge in [-0.2, -0.15) is 0 Å². The van der Waals surface area contributed by atoms with Gasteiger partial charge in [-0.15, -0.1) is 24.0 Å². The van der Waals surface area contributed by atoms with Gasteiger partial charge >= 0.3 is 0 Å². The van der Waals surface area contributed by atoms with Gasteiger partial charge in [0.15, 0.2) is 17.5 Å². The number of halogens is 1. The number of ether oxygens (including phenoxy) is 3. The molecule has 1 aromatic rings. The first-order valence-corrected chi connectivity index (χ1v) is 8.56. The van der Waals surface area contributed by atoms with Crippen LogP contribution in [-0.4, -0.2) is 57.9 Å². The summed E-state index contributed by atoms with van der Waals surface area (Å²) in [6.07, 6.45) is 3.56. The van der Waals surface area contributed by atoms with Gasteiger partial charge in [0.2, 0.25) is 0 Å². The Bertz CT molecular complexity index is 603. The highest BCUT2D eigenvalue weighted by Crippen LogP contribution is 2.33. The van der Waals surface area contributed by atoms with Gasteiger partial charge in [-0.3, -0.25) is 4.99 Å². The lowest BCUT2D eigenvalue weighted by Crippen LogP contribution is -2.46. The number of hydrogen-bond donors (Lipinski definition) is 1. The number of rotatable bonds is 4. The van der Waals surface area contributed by atoms with E-state index in [1.165, 1.54) is 11.1 Å². The Morgan fingerprint density at radius 1 is 1.28 bits per heavy atom. The third-order valence-corrected chi connectivity index (χ3v) is 4.74. The fourth-order valence-electron chi connectivity index (χ4n) is 3.41. The van der Waals surface area contributed by atoms with Crippen LogP contribution in [0.25, 0.3) is 0 Å². The normalized spacial score (nSPS) is 19.9. The van der Waals surface area contributed by atoms with Crippen LogP contribution in [0.2, 0.25) is 0 Å². The minimum absolute atomic E-state index is 0. The van der Waals surface area contributed by atoms with Crippen molar-refractivity contribution in [3.05, 3.63) is 23.3 Å². The van der Waals surface area contributed by atoms with Crippen LogP contribution in [0.1, 0.15) is 24.0 Å². The molecule has 0 bridgehead atoms. The van der Waals surface area contributed by atoms with Crippen molar-refractivity contribution in [2.45, 2.75) is 31.9 Å². The van der Waals surface area contributed by atoms with Crippen molar-refractivity contribution < 1.29 is 14.2 Å². The Hall–Kier alpha value is -1.22. The minimum Gasteiger partial charge on any atom is -0.493 e. The van der Waals surface area contributed by atoms with E-state index in [-0.39, 0.29) is 24.0 Å². The first-order chi connectivity index (χ1) is 11.7. The number of aliphatic imine (C=N–C) groups is 1. The molecule has 0 amide bonds. The summed E-state index contributed by atoms with van der Waals surface area (Å²) >= 11 is 0. The molecule has 7 heteroatoms. The highest BCUT2D eigenvalue weighted by atomic mass is 127. The molecule has 0 radical (unpaired) electrons. The van der Waals surface area contributed by atoms with Gasteiger partial charge in [0, 0.05) is 33.3 Å². The van der Waals surface area contributed by atoms with E-state index in [9.17, 15) is 0 Å². The van der Waals surface area contributed by atoms with Gasteiger partial charge < -0.3 is 24.4 Å². The standard InChI is InChI=1S/C18H27N3O3.HI/c1-19-18(20-11-15-5-4-8-24-15)21-7-6-13-9-16(22-2)17(23-3)10-14(13)12-21;/h9-10,15H,4-8,11-12H2,1-3H3,(H,19,20);1H. The topological polar surface area (TPSA) is 55.3 Å². The highest BCUT2D eigenvalue weighted by molar-refractivity contribution is 14.0. The Balaban J connectivity index is 0.00000225. The zero-order valence-corrected chi connectivity index (χ0v) is 17.5. The molecule has 1 N–H and O–H groups in total. The van der Waals surface area contributed by atoms with Crippen molar-refractivity contribution in [2.75, 3.05) is 41.0 Å². The molecule has 3 rings (SSSR count). The summed E-state index contributed by atoms with van der Waals surface area (Å²) in [5.74, 6) is 2.51. The van der Waals surface area contributed by atoms with Crippen LogP contribution in [0.3, 0.4) is 0 Å². The molecule has 1 aromatic carbocycles. The van der Waals surface area contributed by atoms with Gasteiger partial charge in [-0.25, -0.2) is 0 Å². The maximum atomic E-state index is 5.68. The van der Waals surface area contributed by atoms with E-state index < -0.39 is 0 Å². The maximum absolute atomic E-state index is 5.68. The van der Waals surface area contributed by atoms with Crippen molar-refractivity contribution in [1.29, 1.82) is 0 Å². The third-order valence-electron chi connectivity index (χ3n) is 4.74. The molecular weight excluding hydrogens is 433 g/mol. The summed E-state index contributed by atoms with van der Waals surface area (Å²) in [5, 5.41) is 3.46. The summed E-state index contributed by atoms with van der Waals surface area (Å²) in [6.45, 7) is 3.46. The third kappa shape index (κ3) is 4.69. The number of nitrogens with one attached hydrogen (secondary N) is 1. The predicted molar refractivity (Wildman–Crippen MR) is 109 cm³/mol. The quantitative estimate of drug-likeness (QED) is 0.424. The van der Waals surface area contributed by atoms with Crippen LogP contribution in [0.5, 0.6) is 11.5 Å². The van der Waals surface area contributed by atoms with Crippen molar-refractivity contribution in [1.82, 2.24) is 10.2 Å². The molecule has 2 aliphatic rings. The predicted octanol–water partition coefficient (Wildman–Crippen LogP) is 2.43. The average molecular weight is 461 g/mol. The van der Waals surface area contributed by atoms with E-state index in [1.54, 1.807) is 14.2 Å². The number of fused-ring (bicyclic) bond motifs is 1. The van der Waals surface area contributed by atoms with Gasteiger partial charge in [0.1, 0.15) is 0 Å². The first kappa shape index (κ1) is 20.1. The summed E-state index contributed by atoms with van der Waals surface area (Å²) in [4.78, 5) is 6.72. The molecule has 0 saturated carbocycles. The van der Waals surface area contributed by atoms with E-state index in [1.807, 2.05) is 7.05 Å². The van der Waals surface area contributed by atoms with E-state index in [0.29, 0.717) is 6.10 Å². The Morgan fingerprint density at radius 3 is 2.60 bits per heavy atom. The second-order valence-electron chi connectivity index (χ2n) is 6.21. The summed E-state index contributed by atoms with van der Waals surface area (Å²) in [7, 11) is 5.19. The molecule has 1 fully saturated rings. The lowest BCUT2D eigenvalue weighted by molar-refractivity contribution is 0.113. The summed E-state index contributed by atoms with van der Waals surface area (Å²) in [6, 6.07) is 4.17. The van der Waals surface area contributed by atoms with Crippen molar-refractivity contribution in [3.63, 3.8) is 0 Å². The number of benzene rings is 1. The molecule has 140 valence electrons. The zero-order valence-electron chi connectivity index (χ0n) is 15.2. The molecule has 0 aliphatic carbocycles. The largest absolute Gasteiger partial charge is 0.493 e. The van der Waals surface area contributed by atoms with Gasteiger partial charge in [-0.05, 0) is 42.5 Å². The summed E-state index contributed by atoms with van der Waals surface area (Å²) in [5.41, 5.74) is 2.58. The molecular formula is C18H28IN3O3. The van der Waals surface area contributed by atoms with Crippen LogP contribution < -0.4 is 14.8 Å². The molecule has 1 unspecified atom stereocenters. The van der Waals surface area contributed by atoms with E-state index in [0.717, 1.165) is 63.0 Å². The van der Waals surface area contributed by atoms with Gasteiger partial charge in [0.25, 0.3) is 0 Å². The fourth-order valence-corrected chi connectivity index (χ4v) is 3.41.